The first-order valence-corrected chi connectivity index (χ1v) is 10.9. The Kier molecular flexibility index (Phi) is 5.86. The van der Waals surface area contributed by atoms with Crippen LogP contribution in [0.1, 0.15) is 12.5 Å². The number of aromatic hydroxyl groups is 1. The molecule has 30 heavy (non-hydrogen) atoms. The summed E-state index contributed by atoms with van der Waals surface area (Å²) < 4.78 is 12.0. The highest BCUT2D eigenvalue weighted by Gasteiger charge is 2.26. The number of rotatable bonds is 6. The normalized spacial score (nSPS) is 13.5. The summed E-state index contributed by atoms with van der Waals surface area (Å²) in [6.07, 6.45) is 1.65. The Morgan fingerprint density at radius 1 is 1.33 bits per heavy atom. The molecular formula is C20H18N4O4S2. The largest absolute Gasteiger partial charge is 0.504 e. The first-order valence-electron chi connectivity index (χ1n) is 9.06. The number of hydrogen-bond acceptors (Lipinski definition) is 9. The Hall–Kier alpha value is -3.11. The number of ether oxygens (including phenoxy) is 2. The number of methoxy groups -OCH3 is 1. The van der Waals surface area contributed by atoms with Crippen LogP contribution in [0.25, 0.3) is 16.8 Å². The van der Waals surface area contributed by atoms with Gasteiger partial charge < -0.3 is 14.6 Å². The van der Waals surface area contributed by atoms with Crippen molar-refractivity contribution in [1.29, 1.82) is 0 Å². The second-order valence-electron chi connectivity index (χ2n) is 6.14. The van der Waals surface area contributed by atoms with Gasteiger partial charge in [0.15, 0.2) is 17.3 Å². The Morgan fingerprint density at radius 3 is 2.90 bits per heavy atom. The first kappa shape index (κ1) is 20.2. The molecule has 2 aromatic heterocycles. The number of thioether (sulfide) groups is 1. The molecule has 0 radical (unpaired) electrons. The molecule has 1 N–H and O–H groups in total. The molecule has 3 aromatic rings. The molecule has 1 aliphatic rings. The van der Waals surface area contributed by atoms with E-state index in [-0.39, 0.29) is 12.4 Å². The molecule has 0 amide bonds. The molecule has 0 bridgehead atoms. The van der Waals surface area contributed by atoms with E-state index in [9.17, 15) is 9.90 Å². The van der Waals surface area contributed by atoms with Gasteiger partial charge >= 0.3 is 5.97 Å². The molecule has 0 fully saturated rings. The van der Waals surface area contributed by atoms with Gasteiger partial charge in [0.1, 0.15) is 0 Å². The monoisotopic (exact) mass is 442 g/mol. The molecule has 0 aliphatic carbocycles. The van der Waals surface area contributed by atoms with Crippen molar-refractivity contribution in [2.45, 2.75) is 12.1 Å². The van der Waals surface area contributed by atoms with E-state index >= 15 is 0 Å². The summed E-state index contributed by atoms with van der Waals surface area (Å²) in [7, 11) is 1.48. The molecule has 1 aliphatic heterocycles. The quantitative estimate of drug-likeness (QED) is 0.459. The summed E-state index contributed by atoms with van der Waals surface area (Å²) in [4.78, 5) is 13.6. The minimum absolute atomic E-state index is 0.0181. The van der Waals surface area contributed by atoms with Crippen LogP contribution in [0.5, 0.6) is 11.5 Å². The van der Waals surface area contributed by atoms with Gasteiger partial charge in [-0.2, -0.15) is 9.78 Å². The van der Waals surface area contributed by atoms with Crippen molar-refractivity contribution in [2.75, 3.05) is 19.5 Å². The van der Waals surface area contributed by atoms with E-state index in [4.69, 9.17) is 9.47 Å². The third-order valence-electron chi connectivity index (χ3n) is 4.23. The van der Waals surface area contributed by atoms with Crippen molar-refractivity contribution in [1.82, 2.24) is 14.9 Å². The molecule has 154 valence electrons. The van der Waals surface area contributed by atoms with Crippen molar-refractivity contribution in [3.05, 3.63) is 46.8 Å². The van der Waals surface area contributed by atoms with Crippen LogP contribution < -0.4 is 4.74 Å². The molecule has 0 spiro atoms. The number of carbonyl (C=O) groups is 1. The predicted octanol–water partition coefficient (Wildman–Crippen LogP) is 3.68. The SMILES string of the molecule is CCOC(=O)/C(=C\c1ccc(OC)c(O)c1)C1=Nn2c(nnc2-c2cccs2)SC1. The lowest BCUT2D eigenvalue weighted by Gasteiger charge is -2.15. The van der Waals surface area contributed by atoms with Crippen LogP contribution in [0.15, 0.2) is 51.5 Å². The van der Waals surface area contributed by atoms with Crippen molar-refractivity contribution in [2.24, 2.45) is 5.10 Å². The van der Waals surface area contributed by atoms with E-state index in [0.29, 0.717) is 39.3 Å². The molecule has 4 rings (SSSR count). The molecule has 0 unspecified atom stereocenters. The summed E-state index contributed by atoms with van der Waals surface area (Å²) in [5, 5.41) is 25.8. The average molecular weight is 443 g/mol. The number of phenols is 1. The van der Waals surface area contributed by atoms with Crippen molar-refractivity contribution >= 4 is 40.9 Å². The minimum atomic E-state index is -0.485. The molecule has 8 nitrogen and oxygen atoms in total. The third kappa shape index (κ3) is 3.96. The van der Waals surface area contributed by atoms with Gasteiger partial charge in [-0.3, -0.25) is 0 Å². The predicted molar refractivity (Wildman–Crippen MR) is 116 cm³/mol. The maximum atomic E-state index is 12.7. The van der Waals surface area contributed by atoms with E-state index in [1.165, 1.54) is 36.3 Å². The van der Waals surface area contributed by atoms with Gasteiger partial charge in [-0.15, -0.1) is 21.5 Å². The highest BCUT2D eigenvalue weighted by molar-refractivity contribution is 7.99. The van der Waals surface area contributed by atoms with Crippen LogP contribution in [0.3, 0.4) is 0 Å². The van der Waals surface area contributed by atoms with E-state index in [1.54, 1.807) is 29.8 Å². The number of phenolic OH excluding ortho intramolecular Hbond substituents is 1. The van der Waals surface area contributed by atoms with Gasteiger partial charge in [-0.1, -0.05) is 23.9 Å². The second kappa shape index (κ2) is 8.72. The van der Waals surface area contributed by atoms with Crippen molar-refractivity contribution in [3.63, 3.8) is 0 Å². The van der Waals surface area contributed by atoms with Gasteiger partial charge in [-0.05, 0) is 42.1 Å². The van der Waals surface area contributed by atoms with Crippen LogP contribution in [0.2, 0.25) is 0 Å². The Balaban J connectivity index is 1.77. The molecule has 0 atom stereocenters. The topological polar surface area (TPSA) is 98.8 Å². The third-order valence-corrected chi connectivity index (χ3v) is 6.03. The fourth-order valence-electron chi connectivity index (χ4n) is 2.85. The van der Waals surface area contributed by atoms with Crippen LogP contribution in [-0.4, -0.2) is 51.1 Å². The van der Waals surface area contributed by atoms with Gasteiger partial charge in [0.05, 0.1) is 29.9 Å². The zero-order valence-corrected chi connectivity index (χ0v) is 17.9. The number of benzene rings is 1. The maximum Gasteiger partial charge on any atom is 0.340 e. The summed E-state index contributed by atoms with van der Waals surface area (Å²) in [6, 6.07) is 8.78. The lowest BCUT2D eigenvalue weighted by Crippen LogP contribution is -2.21. The lowest BCUT2D eigenvalue weighted by atomic mass is 10.1. The molecule has 0 saturated heterocycles. The lowest BCUT2D eigenvalue weighted by molar-refractivity contribution is -0.137. The molecule has 0 saturated carbocycles. The molecule has 10 heteroatoms. The average Bonchev–Trinajstić information content (AvgIpc) is 3.41. The van der Waals surface area contributed by atoms with Gasteiger partial charge in [0.2, 0.25) is 5.16 Å². The van der Waals surface area contributed by atoms with Crippen LogP contribution >= 0.6 is 23.1 Å². The summed E-state index contributed by atoms with van der Waals surface area (Å²) >= 11 is 2.98. The minimum Gasteiger partial charge on any atom is -0.504 e. The maximum absolute atomic E-state index is 12.7. The standard InChI is InChI=1S/C20H18N4O4S2/c1-3-28-19(26)13(9-12-6-7-16(27-2)15(25)10-12)14-11-30-20-22-21-18(24(20)23-14)17-5-4-8-29-17/h4-10,25H,3,11H2,1-2H3/b13-9-. The smallest absolute Gasteiger partial charge is 0.340 e. The zero-order valence-electron chi connectivity index (χ0n) is 16.2. The summed E-state index contributed by atoms with van der Waals surface area (Å²) in [5.41, 5.74) is 1.47. The fraction of sp³-hybridized carbons (Fsp3) is 0.200. The number of thiophene rings is 1. The Labute approximate surface area is 180 Å². The number of aromatic nitrogens is 3. The van der Waals surface area contributed by atoms with Crippen molar-refractivity contribution in [3.8, 4) is 22.2 Å². The van der Waals surface area contributed by atoms with Gasteiger partial charge in [0, 0.05) is 5.75 Å². The number of hydrogen-bond donors (Lipinski definition) is 1. The van der Waals surface area contributed by atoms with E-state index < -0.39 is 5.97 Å². The van der Waals surface area contributed by atoms with Crippen LogP contribution in [-0.2, 0) is 9.53 Å². The molecule has 3 heterocycles. The van der Waals surface area contributed by atoms with Crippen LogP contribution in [0.4, 0.5) is 0 Å². The summed E-state index contributed by atoms with van der Waals surface area (Å²) in [6.45, 7) is 1.99. The first-order chi connectivity index (χ1) is 14.6. The number of carbonyl (C=O) groups excluding carboxylic acids is 1. The summed E-state index contributed by atoms with van der Waals surface area (Å²) in [5.74, 6) is 0.909. The van der Waals surface area contributed by atoms with E-state index in [0.717, 1.165) is 4.88 Å². The second-order valence-corrected chi connectivity index (χ2v) is 8.03. The highest BCUT2D eigenvalue weighted by atomic mass is 32.2. The molecule has 1 aromatic carbocycles. The van der Waals surface area contributed by atoms with Gasteiger partial charge in [0.25, 0.3) is 0 Å². The Morgan fingerprint density at radius 2 is 2.20 bits per heavy atom. The highest BCUT2D eigenvalue weighted by Crippen LogP contribution is 2.32. The number of fused-ring (bicyclic) bond motifs is 1. The van der Waals surface area contributed by atoms with Crippen molar-refractivity contribution < 1.29 is 19.4 Å². The zero-order chi connectivity index (χ0) is 21.1. The fourth-order valence-corrected chi connectivity index (χ4v) is 4.37. The molecular weight excluding hydrogens is 424 g/mol. The van der Waals surface area contributed by atoms with E-state index in [2.05, 4.69) is 15.3 Å². The Bertz CT molecular complexity index is 1140. The van der Waals surface area contributed by atoms with E-state index in [1.807, 2.05) is 17.5 Å². The van der Waals surface area contributed by atoms with Gasteiger partial charge in [-0.25, -0.2) is 4.79 Å². The number of esters is 1. The number of nitrogens with zero attached hydrogens (tertiary/aromatic N) is 4. The van der Waals surface area contributed by atoms with Crippen LogP contribution in [0, 0.1) is 0 Å².